The summed E-state index contributed by atoms with van der Waals surface area (Å²) in [4.78, 5) is 11.7. The summed E-state index contributed by atoms with van der Waals surface area (Å²) in [5.74, 6) is -0.188. The zero-order chi connectivity index (χ0) is 15.1. The van der Waals surface area contributed by atoms with Crippen LogP contribution in [-0.4, -0.2) is 12.6 Å². The van der Waals surface area contributed by atoms with Gasteiger partial charge in [-0.3, -0.25) is 0 Å². The highest BCUT2D eigenvalue weighted by atomic mass is 16.5. The van der Waals surface area contributed by atoms with Gasteiger partial charge in [0, 0.05) is 5.57 Å². The molecule has 0 saturated carbocycles. The maximum Gasteiger partial charge on any atom is 0.333 e. The molecule has 0 saturated heterocycles. The molecule has 0 radical (unpaired) electrons. The first-order chi connectivity index (χ1) is 9.72. The fourth-order valence-electron chi connectivity index (χ4n) is 2.19. The van der Waals surface area contributed by atoms with E-state index in [1.165, 1.54) is 57.8 Å². The van der Waals surface area contributed by atoms with E-state index in [4.69, 9.17) is 4.74 Å². The van der Waals surface area contributed by atoms with Crippen molar-refractivity contribution < 1.29 is 9.53 Å². The van der Waals surface area contributed by atoms with E-state index in [2.05, 4.69) is 20.4 Å². The van der Waals surface area contributed by atoms with Gasteiger partial charge in [-0.25, -0.2) is 4.79 Å². The van der Waals surface area contributed by atoms with Crippen molar-refractivity contribution in [1.29, 1.82) is 0 Å². The number of hydrogen-bond acceptors (Lipinski definition) is 2. The van der Waals surface area contributed by atoms with Crippen molar-refractivity contribution in [2.75, 3.05) is 6.61 Å². The number of unbranched alkanes of at least 4 members (excludes halogenated alkanes) is 9. The average Bonchev–Trinajstić information content (AvgIpc) is 2.46. The molecule has 0 atom stereocenters. The van der Waals surface area contributed by atoms with E-state index in [-0.39, 0.29) is 5.97 Å². The number of rotatable bonds is 14. The summed E-state index contributed by atoms with van der Waals surface area (Å²) >= 11 is 0. The van der Waals surface area contributed by atoms with Crippen LogP contribution >= 0.6 is 0 Å². The van der Waals surface area contributed by atoms with Gasteiger partial charge in [-0.05, 0) is 19.3 Å². The summed E-state index contributed by atoms with van der Waals surface area (Å²) in [7, 11) is 0. The summed E-state index contributed by atoms with van der Waals surface area (Å²) in [5.41, 5.74) is 0.643. The summed E-state index contributed by atoms with van der Waals surface area (Å²) in [6.07, 6.45) is 14.2. The Balaban J connectivity index is 3.36. The fourth-order valence-corrected chi connectivity index (χ4v) is 2.19. The Morgan fingerprint density at radius 1 is 0.800 bits per heavy atom. The van der Waals surface area contributed by atoms with Crippen LogP contribution in [0, 0.1) is 0 Å². The van der Waals surface area contributed by atoms with Crippen molar-refractivity contribution in [3.8, 4) is 0 Å². The SMILES string of the molecule is C=C(CCCCCC)C(=O)OCCCCCCCCC. The highest BCUT2D eigenvalue weighted by Gasteiger charge is 2.07. The van der Waals surface area contributed by atoms with Crippen LogP contribution in [0.3, 0.4) is 0 Å². The van der Waals surface area contributed by atoms with Gasteiger partial charge in [0.1, 0.15) is 0 Å². The van der Waals surface area contributed by atoms with Crippen LogP contribution < -0.4 is 0 Å². The number of hydrogen-bond donors (Lipinski definition) is 0. The second-order valence-electron chi connectivity index (χ2n) is 5.67. The highest BCUT2D eigenvalue weighted by molar-refractivity contribution is 5.87. The molecule has 20 heavy (non-hydrogen) atoms. The summed E-state index contributed by atoms with van der Waals surface area (Å²) in [6, 6.07) is 0. The van der Waals surface area contributed by atoms with Crippen molar-refractivity contribution >= 4 is 5.97 Å². The Kier molecular flexibility index (Phi) is 14.0. The van der Waals surface area contributed by atoms with Gasteiger partial charge in [0.25, 0.3) is 0 Å². The van der Waals surface area contributed by atoms with Crippen molar-refractivity contribution in [3.05, 3.63) is 12.2 Å². The number of carbonyl (C=O) groups excluding carboxylic acids is 1. The normalized spacial score (nSPS) is 10.5. The first kappa shape index (κ1) is 19.2. The smallest absolute Gasteiger partial charge is 0.333 e. The number of ether oxygens (including phenoxy) is 1. The van der Waals surface area contributed by atoms with Gasteiger partial charge in [-0.1, -0.05) is 78.2 Å². The second kappa shape index (κ2) is 14.6. The van der Waals surface area contributed by atoms with Gasteiger partial charge in [-0.2, -0.15) is 0 Å². The van der Waals surface area contributed by atoms with Gasteiger partial charge in [0.05, 0.1) is 6.61 Å². The molecule has 2 heteroatoms. The molecule has 2 nitrogen and oxygen atoms in total. The van der Waals surface area contributed by atoms with E-state index in [1.54, 1.807) is 0 Å². The predicted molar refractivity (Wildman–Crippen MR) is 86.9 cm³/mol. The highest BCUT2D eigenvalue weighted by Crippen LogP contribution is 2.11. The van der Waals surface area contributed by atoms with Gasteiger partial charge >= 0.3 is 5.97 Å². The van der Waals surface area contributed by atoms with Gasteiger partial charge in [0.15, 0.2) is 0 Å². The minimum absolute atomic E-state index is 0.188. The second-order valence-corrected chi connectivity index (χ2v) is 5.67. The molecule has 0 N–H and O–H groups in total. The summed E-state index contributed by atoms with van der Waals surface area (Å²) in [5, 5.41) is 0. The van der Waals surface area contributed by atoms with Crippen LogP contribution in [-0.2, 0) is 9.53 Å². The van der Waals surface area contributed by atoms with E-state index in [1.807, 2.05) is 0 Å². The van der Waals surface area contributed by atoms with E-state index < -0.39 is 0 Å². The molecule has 0 rings (SSSR count). The largest absolute Gasteiger partial charge is 0.462 e. The van der Waals surface area contributed by atoms with Crippen LogP contribution in [0.25, 0.3) is 0 Å². The third-order valence-electron chi connectivity index (χ3n) is 3.60. The topological polar surface area (TPSA) is 26.3 Å². The Morgan fingerprint density at radius 3 is 1.90 bits per heavy atom. The maximum absolute atomic E-state index is 11.7. The van der Waals surface area contributed by atoms with Crippen LogP contribution in [0.5, 0.6) is 0 Å². The Bertz CT molecular complexity index is 246. The van der Waals surface area contributed by atoms with Gasteiger partial charge < -0.3 is 4.74 Å². The minimum Gasteiger partial charge on any atom is -0.462 e. The van der Waals surface area contributed by atoms with Crippen LogP contribution in [0.15, 0.2) is 12.2 Å². The van der Waals surface area contributed by atoms with Crippen molar-refractivity contribution in [2.45, 2.75) is 90.9 Å². The lowest BCUT2D eigenvalue weighted by atomic mass is 10.1. The first-order valence-corrected chi connectivity index (χ1v) is 8.57. The molecule has 0 fully saturated rings. The quantitative estimate of drug-likeness (QED) is 0.228. The van der Waals surface area contributed by atoms with Gasteiger partial charge in [-0.15, -0.1) is 0 Å². The molecule has 0 spiro atoms. The lowest BCUT2D eigenvalue weighted by Crippen LogP contribution is -2.08. The molecule has 0 aliphatic rings. The van der Waals surface area contributed by atoms with E-state index >= 15 is 0 Å². The van der Waals surface area contributed by atoms with Gasteiger partial charge in [0.2, 0.25) is 0 Å². The molecular weight excluding hydrogens is 248 g/mol. The third kappa shape index (κ3) is 12.3. The molecular formula is C18H34O2. The molecule has 0 bridgehead atoms. The molecule has 0 amide bonds. The lowest BCUT2D eigenvalue weighted by Gasteiger charge is -2.07. The van der Waals surface area contributed by atoms with Crippen molar-refractivity contribution in [1.82, 2.24) is 0 Å². The molecule has 0 heterocycles. The molecule has 0 aromatic rings. The molecule has 0 aromatic carbocycles. The van der Waals surface area contributed by atoms with E-state index in [0.29, 0.717) is 12.2 Å². The summed E-state index contributed by atoms with van der Waals surface area (Å²) < 4.78 is 5.25. The van der Waals surface area contributed by atoms with E-state index in [9.17, 15) is 4.79 Å². The zero-order valence-corrected chi connectivity index (χ0v) is 13.7. The summed E-state index contributed by atoms with van der Waals surface area (Å²) in [6.45, 7) is 8.80. The monoisotopic (exact) mass is 282 g/mol. The first-order valence-electron chi connectivity index (χ1n) is 8.57. The van der Waals surface area contributed by atoms with Crippen LogP contribution in [0.2, 0.25) is 0 Å². The van der Waals surface area contributed by atoms with Crippen LogP contribution in [0.4, 0.5) is 0 Å². The Labute approximate surface area is 126 Å². The fraction of sp³-hybridized carbons (Fsp3) is 0.833. The number of esters is 1. The Morgan fingerprint density at radius 2 is 1.30 bits per heavy atom. The zero-order valence-electron chi connectivity index (χ0n) is 13.7. The maximum atomic E-state index is 11.7. The van der Waals surface area contributed by atoms with Crippen molar-refractivity contribution in [2.24, 2.45) is 0 Å². The third-order valence-corrected chi connectivity index (χ3v) is 3.60. The predicted octanol–water partition coefficient (Wildman–Crippen LogP) is 5.81. The molecule has 0 unspecified atom stereocenters. The van der Waals surface area contributed by atoms with Crippen molar-refractivity contribution in [3.63, 3.8) is 0 Å². The standard InChI is InChI=1S/C18H34O2/c1-4-6-8-10-11-12-14-16-20-18(19)17(3)15-13-9-7-5-2/h3-16H2,1-2H3. The Hall–Kier alpha value is -0.790. The van der Waals surface area contributed by atoms with E-state index in [0.717, 1.165) is 19.3 Å². The molecule has 0 aliphatic carbocycles. The average molecular weight is 282 g/mol. The molecule has 118 valence electrons. The number of carbonyl (C=O) groups is 1. The minimum atomic E-state index is -0.188. The molecule has 0 aliphatic heterocycles. The lowest BCUT2D eigenvalue weighted by molar-refractivity contribution is -0.139. The molecule has 0 aromatic heterocycles. The van der Waals surface area contributed by atoms with Crippen LogP contribution in [0.1, 0.15) is 90.9 Å².